The Morgan fingerprint density at radius 3 is 2.43 bits per heavy atom. The van der Waals surface area contributed by atoms with E-state index >= 15 is 0 Å². The van der Waals surface area contributed by atoms with Crippen LogP contribution in [0.3, 0.4) is 0 Å². The fraction of sp³-hybridized carbons (Fsp3) is 0.368. The smallest absolute Gasteiger partial charge is 0.244 e. The first-order valence-electron chi connectivity index (χ1n) is 9.12. The molecule has 1 aliphatic heterocycles. The number of anilines is 2. The first kappa shape index (κ1) is 20.3. The van der Waals surface area contributed by atoms with Crippen molar-refractivity contribution in [3.63, 3.8) is 0 Å². The Bertz CT molecular complexity index is 954. The molecule has 1 fully saturated rings. The number of carbonyl (C=O) groups is 1. The van der Waals surface area contributed by atoms with E-state index < -0.39 is 10.0 Å². The fourth-order valence-corrected chi connectivity index (χ4v) is 5.29. The standard InChI is InChI=1S/C19H22N4O3S2/c20-13-15-9-12-27-19(15)22-18(24)14-21-16-5-7-17(8-6-16)28(25,26)23-10-3-1-2-4-11-23/h5-9,12,21H,1-4,10-11,14H2,(H,22,24). The van der Waals surface area contributed by atoms with Crippen LogP contribution in [-0.4, -0.2) is 38.3 Å². The maximum Gasteiger partial charge on any atom is 0.244 e. The van der Waals surface area contributed by atoms with Crippen molar-refractivity contribution in [3.05, 3.63) is 41.3 Å². The van der Waals surface area contributed by atoms with Crippen molar-refractivity contribution in [1.82, 2.24) is 4.31 Å². The summed E-state index contributed by atoms with van der Waals surface area (Å²) in [6.45, 7) is 1.15. The molecule has 148 valence electrons. The van der Waals surface area contributed by atoms with Gasteiger partial charge in [-0.05, 0) is 48.6 Å². The van der Waals surface area contributed by atoms with E-state index in [2.05, 4.69) is 10.6 Å². The fourth-order valence-electron chi connectivity index (χ4n) is 3.02. The molecule has 0 radical (unpaired) electrons. The van der Waals surface area contributed by atoms with Gasteiger partial charge in [-0.2, -0.15) is 9.57 Å². The molecule has 0 spiro atoms. The van der Waals surface area contributed by atoms with Crippen molar-refractivity contribution in [1.29, 1.82) is 5.26 Å². The van der Waals surface area contributed by atoms with Gasteiger partial charge in [0.25, 0.3) is 0 Å². The van der Waals surface area contributed by atoms with Crippen LogP contribution in [0.2, 0.25) is 0 Å². The zero-order chi connectivity index (χ0) is 20.0. The third kappa shape index (κ3) is 4.90. The second-order valence-electron chi connectivity index (χ2n) is 6.52. The van der Waals surface area contributed by atoms with Crippen LogP contribution in [0.4, 0.5) is 10.7 Å². The first-order valence-corrected chi connectivity index (χ1v) is 11.4. The van der Waals surface area contributed by atoms with Crippen LogP contribution in [0, 0.1) is 11.3 Å². The number of thiophene rings is 1. The summed E-state index contributed by atoms with van der Waals surface area (Å²) in [6.07, 6.45) is 3.92. The number of nitrogens with zero attached hydrogens (tertiary/aromatic N) is 2. The quantitative estimate of drug-likeness (QED) is 0.750. The Balaban J connectivity index is 1.58. The Hall–Kier alpha value is -2.41. The average Bonchev–Trinajstić information content (AvgIpc) is 2.96. The molecule has 3 rings (SSSR count). The van der Waals surface area contributed by atoms with Crippen LogP contribution in [0.15, 0.2) is 40.6 Å². The summed E-state index contributed by atoms with van der Waals surface area (Å²) in [7, 11) is -3.48. The summed E-state index contributed by atoms with van der Waals surface area (Å²) < 4.78 is 27.1. The molecule has 9 heteroatoms. The van der Waals surface area contributed by atoms with E-state index in [1.54, 1.807) is 40.0 Å². The molecule has 2 aromatic rings. The summed E-state index contributed by atoms with van der Waals surface area (Å²) in [5.41, 5.74) is 1.08. The molecule has 2 N–H and O–H groups in total. The molecule has 1 aliphatic rings. The molecule has 0 aliphatic carbocycles. The molecule has 1 aromatic heterocycles. The van der Waals surface area contributed by atoms with Crippen molar-refractivity contribution in [2.75, 3.05) is 30.3 Å². The molecule has 2 heterocycles. The number of rotatable bonds is 6. The minimum absolute atomic E-state index is 0.0149. The van der Waals surface area contributed by atoms with Crippen molar-refractivity contribution in [2.45, 2.75) is 30.6 Å². The summed E-state index contributed by atoms with van der Waals surface area (Å²) in [5, 5.41) is 16.9. The van der Waals surface area contributed by atoms with Gasteiger partial charge in [0.05, 0.1) is 17.0 Å². The molecule has 1 aromatic carbocycles. The lowest BCUT2D eigenvalue weighted by Crippen LogP contribution is -2.31. The Kier molecular flexibility index (Phi) is 6.67. The molecule has 0 saturated carbocycles. The SMILES string of the molecule is N#Cc1ccsc1NC(=O)CNc1ccc(S(=O)(=O)N2CCCCCC2)cc1. The highest BCUT2D eigenvalue weighted by Crippen LogP contribution is 2.23. The van der Waals surface area contributed by atoms with Gasteiger partial charge in [0, 0.05) is 18.8 Å². The monoisotopic (exact) mass is 418 g/mol. The predicted molar refractivity (Wildman–Crippen MR) is 110 cm³/mol. The van der Waals surface area contributed by atoms with Gasteiger partial charge >= 0.3 is 0 Å². The molecule has 0 atom stereocenters. The highest BCUT2D eigenvalue weighted by atomic mass is 32.2. The number of hydrogen-bond acceptors (Lipinski definition) is 6. The molecular formula is C19H22N4O3S2. The van der Waals surface area contributed by atoms with Crippen LogP contribution in [0.25, 0.3) is 0 Å². The van der Waals surface area contributed by atoms with Crippen molar-refractivity contribution in [3.8, 4) is 6.07 Å². The molecule has 0 bridgehead atoms. The molecule has 7 nitrogen and oxygen atoms in total. The maximum absolute atomic E-state index is 12.8. The van der Waals surface area contributed by atoms with E-state index in [1.165, 1.54) is 11.3 Å². The van der Waals surface area contributed by atoms with Crippen LogP contribution >= 0.6 is 11.3 Å². The normalized spacial score (nSPS) is 15.4. The van der Waals surface area contributed by atoms with E-state index in [4.69, 9.17) is 5.26 Å². The average molecular weight is 419 g/mol. The number of carbonyl (C=O) groups excluding carboxylic acids is 1. The van der Waals surface area contributed by atoms with Gasteiger partial charge in [-0.25, -0.2) is 8.42 Å². The Morgan fingerprint density at radius 2 is 1.79 bits per heavy atom. The maximum atomic E-state index is 12.8. The highest BCUT2D eigenvalue weighted by Gasteiger charge is 2.24. The van der Waals surface area contributed by atoms with Gasteiger partial charge in [0.15, 0.2) is 0 Å². The highest BCUT2D eigenvalue weighted by molar-refractivity contribution is 7.89. The van der Waals surface area contributed by atoms with Gasteiger partial charge in [-0.1, -0.05) is 12.8 Å². The van der Waals surface area contributed by atoms with Crippen LogP contribution in [0.1, 0.15) is 31.2 Å². The minimum Gasteiger partial charge on any atom is -0.376 e. The number of nitrogens with one attached hydrogen (secondary N) is 2. The summed E-state index contributed by atoms with van der Waals surface area (Å²) in [6, 6.07) is 10.1. The van der Waals surface area contributed by atoms with Crippen molar-refractivity contribution < 1.29 is 13.2 Å². The largest absolute Gasteiger partial charge is 0.376 e. The number of hydrogen-bond donors (Lipinski definition) is 2. The van der Waals surface area contributed by atoms with Crippen LogP contribution in [0.5, 0.6) is 0 Å². The van der Waals surface area contributed by atoms with Crippen molar-refractivity contribution >= 4 is 38.0 Å². The topological polar surface area (TPSA) is 102 Å². The Morgan fingerprint density at radius 1 is 1.11 bits per heavy atom. The lowest BCUT2D eigenvalue weighted by molar-refractivity contribution is -0.114. The first-order chi connectivity index (χ1) is 13.5. The predicted octanol–water partition coefficient (Wildman–Crippen LogP) is 3.24. The number of nitriles is 1. The molecule has 0 unspecified atom stereocenters. The summed E-state index contributed by atoms with van der Waals surface area (Å²) >= 11 is 1.29. The summed E-state index contributed by atoms with van der Waals surface area (Å²) in [4.78, 5) is 12.3. The third-order valence-corrected chi connectivity index (χ3v) is 7.29. The number of sulfonamides is 1. The Labute approximate surface area is 169 Å². The van der Waals surface area contributed by atoms with Crippen molar-refractivity contribution in [2.24, 2.45) is 0 Å². The number of benzene rings is 1. The van der Waals surface area contributed by atoms with E-state index in [-0.39, 0.29) is 17.3 Å². The van der Waals surface area contributed by atoms with E-state index in [0.29, 0.717) is 29.3 Å². The number of amides is 1. The summed E-state index contributed by atoms with van der Waals surface area (Å²) in [5.74, 6) is -0.278. The third-order valence-electron chi connectivity index (χ3n) is 4.55. The second-order valence-corrected chi connectivity index (χ2v) is 9.37. The van der Waals surface area contributed by atoms with Gasteiger partial charge in [0.1, 0.15) is 11.1 Å². The van der Waals surface area contributed by atoms with E-state index in [0.717, 1.165) is 25.7 Å². The molecule has 1 saturated heterocycles. The lowest BCUT2D eigenvalue weighted by atomic mass is 10.2. The molecule has 28 heavy (non-hydrogen) atoms. The molecular weight excluding hydrogens is 396 g/mol. The van der Waals surface area contributed by atoms with Crippen LogP contribution < -0.4 is 10.6 Å². The van der Waals surface area contributed by atoms with E-state index in [1.807, 2.05) is 6.07 Å². The van der Waals surface area contributed by atoms with E-state index in [9.17, 15) is 13.2 Å². The lowest BCUT2D eigenvalue weighted by Gasteiger charge is -2.20. The second kappa shape index (κ2) is 9.19. The zero-order valence-electron chi connectivity index (χ0n) is 15.3. The van der Waals surface area contributed by atoms with Gasteiger partial charge in [-0.15, -0.1) is 11.3 Å². The van der Waals surface area contributed by atoms with Gasteiger partial charge in [0.2, 0.25) is 15.9 Å². The van der Waals surface area contributed by atoms with Gasteiger partial charge in [-0.3, -0.25) is 4.79 Å². The van der Waals surface area contributed by atoms with Crippen LogP contribution in [-0.2, 0) is 14.8 Å². The zero-order valence-corrected chi connectivity index (χ0v) is 17.0. The minimum atomic E-state index is -3.48. The molecule has 1 amide bonds. The van der Waals surface area contributed by atoms with Gasteiger partial charge < -0.3 is 10.6 Å².